The van der Waals surface area contributed by atoms with E-state index in [1.54, 1.807) is 7.11 Å². The highest BCUT2D eigenvalue weighted by molar-refractivity contribution is 5.79. The molecule has 0 spiro atoms. The molecule has 0 heterocycles. The number of hydrogen-bond donors (Lipinski definition) is 2. The van der Waals surface area contributed by atoms with E-state index in [4.69, 9.17) is 4.74 Å². The van der Waals surface area contributed by atoms with Crippen molar-refractivity contribution < 1.29 is 4.74 Å². The standard InChI is InChI=1S/C20H33N3O/c1-17-6-8-18(9-7-17)10-14-22-19(21-2)23-16-20(13-15-24-3)11-4-5-12-20/h6-9H,4-5,10-16H2,1-3H3,(H2,21,22,23). The minimum absolute atomic E-state index is 0.380. The maximum atomic E-state index is 5.31. The fraction of sp³-hybridized carbons (Fsp3) is 0.650. The van der Waals surface area contributed by atoms with Gasteiger partial charge in [-0.05, 0) is 43.6 Å². The molecule has 4 heteroatoms. The van der Waals surface area contributed by atoms with Crippen molar-refractivity contribution in [2.45, 2.75) is 45.4 Å². The zero-order valence-corrected chi connectivity index (χ0v) is 15.5. The van der Waals surface area contributed by atoms with Gasteiger partial charge >= 0.3 is 0 Å². The molecule has 0 amide bonds. The molecule has 0 unspecified atom stereocenters. The highest BCUT2D eigenvalue weighted by atomic mass is 16.5. The summed E-state index contributed by atoms with van der Waals surface area (Å²) in [5, 5.41) is 6.98. The van der Waals surface area contributed by atoms with Crippen LogP contribution in [-0.4, -0.2) is 39.8 Å². The van der Waals surface area contributed by atoms with E-state index in [1.165, 1.54) is 36.8 Å². The number of guanidine groups is 1. The topological polar surface area (TPSA) is 45.7 Å². The lowest BCUT2D eigenvalue weighted by atomic mass is 9.83. The first-order valence-electron chi connectivity index (χ1n) is 9.16. The van der Waals surface area contributed by atoms with Crippen molar-refractivity contribution in [1.29, 1.82) is 0 Å². The van der Waals surface area contributed by atoms with Gasteiger partial charge < -0.3 is 15.4 Å². The molecule has 1 aliphatic carbocycles. The fourth-order valence-corrected chi connectivity index (χ4v) is 3.53. The van der Waals surface area contributed by atoms with Crippen LogP contribution in [0.1, 0.15) is 43.2 Å². The van der Waals surface area contributed by atoms with Crippen LogP contribution >= 0.6 is 0 Å². The van der Waals surface area contributed by atoms with Gasteiger partial charge in [-0.2, -0.15) is 0 Å². The Kier molecular flexibility index (Phi) is 7.57. The van der Waals surface area contributed by atoms with Crippen LogP contribution in [-0.2, 0) is 11.2 Å². The first-order chi connectivity index (χ1) is 11.7. The lowest BCUT2D eigenvalue weighted by Gasteiger charge is -2.30. The van der Waals surface area contributed by atoms with Gasteiger partial charge in [-0.15, -0.1) is 0 Å². The summed E-state index contributed by atoms with van der Waals surface area (Å²) in [5.74, 6) is 0.908. The maximum absolute atomic E-state index is 5.31. The second-order valence-corrected chi connectivity index (χ2v) is 7.04. The van der Waals surface area contributed by atoms with Crippen LogP contribution in [0.3, 0.4) is 0 Å². The van der Waals surface area contributed by atoms with Gasteiger partial charge in [-0.3, -0.25) is 4.99 Å². The van der Waals surface area contributed by atoms with Crippen LogP contribution in [0.5, 0.6) is 0 Å². The average molecular weight is 332 g/mol. The van der Waals surface area contributed by atoms with Crippen LogP contribution in [0.2, 0.25) is 0 Å². The Morgan fingerprint density at radius 3 is 2.50 bits per heavy atom. The molecule has 2 N–H and O–H groups in total. The predicted octanol–water partition coefficient (Wildman–Crippen LogP) is 3.30. The Labute approximate surface area is 147 Å². The van der Waals surface area contributed by atoms with Gasteiger partial charge in [0.1, 0.15) is 0 Å². The molecule has 0 aromatic heterocycles. The summed E-state index contributed by atoms with van der Waals surface area (Å²) in [6.45, 7) is 4.85. The third kappa shape index (κ3) is 5.82. The van der Waals surface area contributed by atoms with Crippen LogP contribution in [0.15, 0.2) is 29.3 Å². The van der Waals surface area contributed by atoms with E-state index >= 15 is 0 Å². The van der Waals surface area contributed by atoms with Gasteiger partial charge in [0.25, 0.3) is 0 Å². The fourth-order valence-electron chi connectivity index (χ4n) is 3.53. The minimum Gasteiger partial charge on any atom is -0.385 e. The van der Waals surface area contributed by atoms with E-state index in [0.717, 1.165) is 38.5 Å². The number of nitrogens with one attached hydrogen (secondary N) is 2. The van der Waals surface area contributed by atoms with Crippen molar-refractivity contribution in [3.8, 4) is 0 Å². The molecule has 1 aliphatic rings. The van der Waals surface area contributed by atoms with E-state index < -0.39 is 0 Å². The molecule has 0 saturated heterocycles. The average Bonchev–Trinajstić information content (AvgIpc) is 3.07. The van der Waals surface area contributed by atoms with Crippen LogP contribution in [0, 0.1) is 12.3 Å². The number of benzene rings is 1. The first kappa shape index (κ1) is 18.8. The molecule has 4 nitrogen and oxygen atoms in total. The Bertz CT molecular complexity index is 504. The second-order valence-electron chi connectivity index (χ2n) is 7.04. The quantitative estimate of drug-likeness (QED) is 0.567. The lowest BCUT2D eigenvalue weighted by Crippen LogP contribution is -2.43. The molecule has 1 saturated carbocycles. The summed E-state index contributed by atoms with van der Waals surface area (Å²) in [4.78, 5) is 4.37. The summed E-state index contributed by atoms with van der Waals surface area (Å²) in [6.07, 6.45) is 7.41. The molecule has 1 fully saturated rings. The first-order valence-corrected chi connectivity index (χ1v) is 9.16. The number of aryl methyl sites for hydroxylation is 1. The van der Waals surface area contributed by atoms with Crippen molar-refractivity contribution in [3.63, 3.8) is 0 Å². The Balaban J connectivity index is 1.76. The molecule has 0 aliphatic heterocycles. The van der Waals surface area contributed by atoms with Crippen LogP contribution < -0.4 is 10.6 Å². The van der Waals surface area contributed by atoms with Gasteiger partial charge in [0.2, 0.25) is 0 Å². The summed E-state index contributed by atoms with van der Waals surface area (Å²) in [6, 6.07) is 8.74. The third-order valence-electron chi connectivity index (χ3n) is 5.18. The molecule has 24 heavy (non-hydrogen) atoms. The number of hydrogen-bond acceptors (Lipinski definition) is 2. The lowest BCUT2D eigenvalue weighted by molar-refractivity contribution is 0.138. The molecule has 0 bridgehead atoms. The van der Waals surface area contributed by atoms with Gasteiger partial charge in [-0.25, -0.2) is 0 Å². The Hall–Kier alpha value is -1.55. The molecular weight excluding hydrogens is 298 g/mol. The highest BCUT2D eigenvalue weighted by Gasteiger charge is 2.33. The number of ether oxygens (including phenoxy) is 1. The maximum Gasteiger partial charge on any atom is 0.191 e. The molecule has 2 rings (SSSR count). The van der Waals surface area contributed by atoms with E-state index in [-0.39, 0.29) is 0 Å². The summed E-state index contributed by atoms with van der Waals surface area (Å²) >= 11 is 0. The van der Waals surface area contributed by atoms with E-state index in [0.29, 0.717) is 5.41 Å². The van der Waals surface area contributed by atoms with Crippen molar-refractivity contribution in [2.24, 2.45) is 10.4 Å². The molecule has 0 radical (unpaired) electrons. The predicted molar refractivity (Wildman–Crippen MR) is 102 cm³/mol. The summed E-state index contributed by atoms with van der Waals surface area (Å²) < 4.78 is 5.31. The number of aliphatic imine (C=N–C) groups is 1. The minimum atomic E-state index is 0.380. The largest absolute Gasteiger partial charge is 0.385 e. The van der Waals surface area contributed by atoms with Crippen LogP contribution in [0.25, 0.3) is 0 Å². The zero-order chi connectivity index (χ0) is 17.3. The normalized spacial score (nSPS) is 17.0. The van der Waals surface area contributed by atoms with Crippen molar-refractivity contribution in [3.05, 3.63) is 35.4 Å². The smallest absolute Gasteiger partial charge is 0.191 e. The van der Waals surface area contributed by atoms with Gasteiger partial charge in [0.05, 0.1) is 0 Å². The Morgan fingerprint density at radius 1 is 1.17 bits per heavy atom. The Morgan fingerprint density at radius 2 is 1.88 bits per heavy atom. The van der Waals surface area contributed by atoms with Crippen molar-refractivity contribution in [1.82, 2.24) is 10.6 Å². The molecule has 1 aromatic rings. The van der Waals surface area contributed by atoms with Crippen molar-refractivity contribution in [2.75, 3.05) is 33.9 Å². The molecule has 0 atom stereocenters. The zero-order valence-electron chi connectivity index (χ0n) is 15.5. The van der Waals surface area contributed by atoms with E-state index in [1.807, 2.05) is 7.05 Å². The highest BCUT2D eigenvalue weighted by Crippen LogP contribution is 2.40. The second kappa shape index (κ2) is 9.67. The molecule has 1 aromatic carbocycles. The third-order valence-corrected chi connectivity index (χ3v) is 5.18. The van der Waals surface area contributed by atoms with E-state index in [2.05, 4.69) is 46.8 Å². The van der Waals surface area contributed by atoms with Gasteiger partial charge in [0.15, 0.2) is 5.96 Å². The number of methoxy groups -OCH3 is 1. The summed E-state index contributed by atoms with van der Waals surface area (Å²) in [7, 11) is 3.64. The SMILES string of the molecule is CN=C(NCCc1ccc(C)cc1)NCC1(CCOC)CCCC1. The number of nitrogens with zero attached hydrogens (tertiary/aromatic N) is 1. The van der Waals surface area contributed by atoms with Gasteiger partial charge in [0, 0.05) is 33.9 Å². The molecular formula is C20H33N3O. The van der Waals surface area contributed by atoms with Gasteiger partial charge in [-0.1, -0.05) is 42.7 Å². The molecule has 134 valence electrons. The number of rotatable bonds is 8. The van der Waals surface area contributed by atoms with E-state index in [9.17, 15) is 0 Å². The summed E-state index contributed by atoms with van der Waals surface area (Å²) in [5.41, 5.74) is 3.04. The monoisotopic (exact) mass is 331 g/mol. The van der Waals surface area contributed by atoms with Crippen LogP contribution in [0.4, 0.5) is 0 Å². The van der Waals surface area contributed by atoms with Crippen molar-refractivity contribution >= 4 is 5.96 Å².